The van der Waals surface area contributed by atoms with Crippen LogP contribution in [0.5, 0.6) is 5.75 Å². The molecule has 0 radical (unpaired) electrons. The number of benzene rings is 3. The average molecular weight is 431 g/mol. The van der Waals surface area contributed by atoms with Crippen LogP contribution in [-0.4, -0.2) is 20.2 Å². The summed E-state index contributed by atoms with van der Waals surface area (Å²) in [6, 6.07) is 23.9. The molecule has 0 amide bonds. The molecular formula is C23H15ClN4O3. The van der Waals surface area contributed by atoms with Gasteiger partial charge in [-0.3, -0.25) is 0 Å². The maximum atomic E-state index is 12.1. The minimum atomic E-state index is -0.451. The quantitative estimate of drug-likeness (QED) is 0.377. The zero-order chi connectivity index (χ0) is 21.2. The van der Waals surface area contributed by atoms with Crippen LogP contribution in [-0.2, 0) is 6.61 Å². The molecular weight excluding hydrogens is 416 g/mol. The molecule has 0 aliphatic rings. The van der Waals surface area contributed by atoms with Gasteiger partial charge in [-0.25, -0.2) is 4.79 Å². The predicted octanol–water partition coefficient (Wildman–Crippen LogP) is 4.67. The van der Waals surface area contributed by atoms with E-state index in [1.165, 1.54) is 6.07 Å². The number of rotatable bonds is 5. The Morgan fingerprint density at radius 2 is 1.71 bits per heavy atom. The summed E-state index contributed by atoms with van der Waals surface area (Å²) in [6.07, 6.45) is 0. The Bertz CT molecular complexity index is 1420. The van der Waals surface area contributed by atoms with E-state index in [0.717, 1.165) is 22.2 Å². The van der Waals surface area contributed by atoms with Crippen LogP contribution >= 0.6 is 11.6 Å². The zero-order valence-electron chi connectivity index (χ0n) is 16.1. The van der Waals surface area contributed by atoms with Crippen molar-refractivity contribution in [2.45, 2.75) is 6.61 Å². The normalized spacial score (nSPS) is 11.0. The van der Waals surface area contributed by atoms with Crippen molar-refractivity contribution >= 4 is 22.6 Å². The van der Waals surface area contributed by atoms with Gasteiger partial charge in [0.25, 0.3) is 0 Å². The van der Waals surface area contributed by atoms with Crippen LogP contribution < -0.4 is 10.4 Å². The number of halogens is 1. The van der Waals surface area contributed by atoms with Crippen molar-refractivity contribution < 1.29 is 9.15 Å². The molecule has 7 nitrogen and oxygen atoms in total. The summed E-state index contributed by atoms with van der Waals surface area (Å²) in [6.45, 7) is 0.0791. The van der Waals surface area contributed by atoms with Gasteiger partial charge in [0.05, 0.1) is 10.7 Å². The number of fused-ring (bicyclic) bond motifs is 1. The van der Waals surface area contributed by atoms with Crippen LogP contribution in [0.15, 0.2) is 88.1 Å². The van der Waals surface area contributed by atoms with E-state index in [9.17, 15) is 4.79 Å². The summed E-state index contributed by atoms with van der Waals surface area (Å²) in [5, 5.41) is 12.9. The third kappa shape index (κ3) is 3.78. The van der Waals surface area contributed by atoms with E-state index in [1.807, 2.05) is 60.7 Å². The summed E-state index contributed by atoms with van der Waals surface area (Å²) in [5.74, 6) is 0.868. The summed E-state index contributed by atoms with van der Waals surface area (Å²) in [4.78, 5) is 12.1. The molecule has 0 N–H and O–H groups in total. The minimum Gasteiger partial charge on any atom is -0.484 e. The fourth-order valence-corrected chi connectivity index (χ4v) is 3.56. The van der Waals surface area contributed by atoms with Crippen LogP contribution in [0, 0.1) is 0 Å². The second-order valence-electron chi connectivity index (χ2n) is 6.76. The number of nitrogens with zero attached hydrogens (tertiary/aromatic N) is 4. The Balaban J connectivity index is 1.49. The molecule has 31 heavy (non-hydrogen) atoms. The third-order valence-corrected chi connectivity index (χ3v) is 5.07. The molecule has 0 aliphatic heterocycles. The molecule has 0 fully saturated rings. The Morgan fingerprint density at radius 1 is 0.968 bits per heavy atom. The summed E-state index contributed by atoms with van der Waals surface area (Å²) in [5.41, 5.74) is 2.38. The van der Waals surface area contributed by atoms with Gasteiger partial charge in [-0.05, 0) is 39.8 Å². The van der Waals surface area contributed by atoms with Crippen molar-refractivity contribution in [3.05, 3.63) is 100 Å². The number of hydrogen-bond donors (Lipinski definition) is 0. The number of ether oxygens (including phenoxy) is 1. The molecule has 8 heteroatoms. The van der Waals surface area contributed by atoms with Crippen LogP contribution in [0.1, 0.15) is 5.82 Å². The molecule has 0 saturated carbocycles. The number of aromatic nitrogens is 4. The molecule has 0 spiro atoms. The SMILES string of the molecule is O=c1cc(-c2ccccc2)c2cc(Cl)c(OCc3nnnn3-c3ccccc3)cc2o1. The highest BCUT2D eigenvalue weighted by atomic mass is 35.5. The number of hydrogen-bond acceptors (Lipinski definition) is 6. The van der Waals surface area contributed by atoms with Crippen LogP contribution in [0.2, 0.25) is 5.02 Å². The summed E-state index contributed by atoms with van der Waals surface area (Å²) < 4.78 is 12.9. The molecule has 0 aliphatic carbocycles. The molecule has 5 aromatic rings. The monoisotopic (exact) mass is 430 g/mol. The zero-order valence-corrected chi connectivity index (χ0v) is 16.9. The van der Waals surface area contributed by atoms with Gasteiger partial charge >= 0.3 is 5.63 Å². The van der Waals surface area contributed by atoms with Gasteiger partial charge in [-0.2, -0.15) is 4.68 Å². The van der Waals surface area contributed by atoms with Crippen LogP contribution in [0.3, 0.4) is 0 Å². The fraction of sp³-hybridized carbons (Fsp3) is 0.0435. The third-order valence-electron chi connectivity index (χ3n) is 4.77. The van der Waals surface area contributed by atoms with E-state index in [1.54, 1.807) is 16.8 Å². The Morgan fingerprint density at radius 3 is 2.48 bits per heavy atom. The second kappa shape index (κ2) is 8.04. The molecule has 2 heterocycles. The van der Waals surface area contributed by atoms with E-state index in [0.29, 0.717) is 22.2 Å². The van der Waals surface area contributed by atoms with Crippen LogP contribution in [0.25, 0.3) is 27.8 Å². The van der Waals surface area contributed by atoms with Crippen molar-refractivity contribution in [1.29, 1.82) is 0 Å². The highest BCUT2D eigenvalue weighted by Crippen LogP contribution is 2.35. The minimum absolute atomic E-state index is 0.0791. The van der Waals surface area contributed by atoms with Crippen molar-refractivity contribution in [1.82, 2.24) is 20.2 Å². The van der Waals surface area contributed by atoms with Crippen molar-refractivity contribution in [2.24, 2.45) is 0 Å². The molecule has 5 rings (SSSR count). The highest BCUT2D eigenvalue weighted by molar-refractivity contribution is 6.33. The molecule has 0 saturated heterocycles. The molecule has 2 aromatic heterocycles. The van der Waals surface area contributed by atoms with E-state index >= 15 is 0 Å². The largest absolute Gasteiger partial charge is 0.484 e. The lowest BCUT2D eigenvalue weighted by Crippen LogP contribution is -2.07. The average Bonchev–Trinajstić information content (AvgIpc) is 3.27. The van der Waals surface area contributed by atoms with Gasteiger partial charge in [0.15, 0.2) is 5.82 Å². The first kappa shape index (κ1) is 19.0. The van der Waals surface area contributed by atoms with E-state index in [4.69, 9.17) is 20.8 Å². The molecule has 0 bridgehead atoms. The van der Waals surface area contributed by atoms with Crippen LogP contribution in [0.4, 0.5) is 0 Å². The van der Waals surface area contributed by atoms with Crippen molar-refractivity contribution in [3.8, 4) is 22.6 Å². The van der Waals surface area contributed by atoms with E-state index in [2.05, 4.69) is 15.5 Å². The van der Waals surface area contributed by atoms with E-state index in [-0.39, 0.29) is 6.61 Å². The molecule has 3 aromatic carbocycles. The van der Waals surface area contributed by atoms with Gasteiger partial charge in [0.1, 0.15) is 17.9 Å². The lowest BCUT2D eigenvalue weighted by molar-refractivity contribution is 0.292. The molecule has 0 unspecified atom stereocenters. The standard InChI is InChI=1S/C23H15ClN4O3/c24-19-11-18-17(15-7-3-1-4-8-15)12-23(29)31-20(18)13-21(19)30-14-22-25-26-27-28(22)16-9-5-2-6-10-16/h1-13H,14H2. The first-order valence-electron chi connectivity index (χ1n) is 9.47. The van der Waals surface area contributed by atoms with Gasteiger partial charge in [0, 0.05) is 17.5 Å². The highest BCUT2D eigenvalue weighted by Gasteiger charge is 2.14. The number of para-hydroxylation sites is 1. The smallest absolute Gasteiger partial charge is 0.336 e. The topological polar surface area (TPSA) is 83.0 Å². The second-order valence-corrected chi connectivity index (χ2v) is 7.16. The lowest BCUT2D eigenvalue weighted by atomic mass is 10.0. The molecule has 0 atom stereocenters. The van der Waals surface area contributed by atoms with Crippen molar-refractivity contribution in [2.75, 3.05) is 0 Å². The lowest BCUT2D eigenvalue weighted by Gasteiger charge is -2.11. The first-order chi connectivity index (χ1) is 15.2. The Kier molecular flexibility index (Phi) is 4.93. The molecule has 152 valence electrons. The maximum Gasteiger partial charge on any atom is 0.336 e. The van der Waals surface area contributed by atoms with Gasteiger partial charge in [-0.1, -0.05) is 60.1 Å². The van der Waals surface area contributed by atoms with Gasteiger partial charge in [-0.15, -0.1) is 5.10 Å². The van der Waals surface area contributed by atoms with Gasteiger partial charge < -0.3 is 9.15 Å². The van der Waals surface area contributed by atoms with E-state index < -0.39 is 5.63 Å². The fourth-order valence-electron chi connectivity index (χ4n) is 3.34. The maximum absolute atomic E-state index is 12.1. The Hall–Kier alpha value is -3.97. The van der Waals surface area contributed by atoms with Gasteiger partial charge in [0.2, 0.25) is 0 Å². The van der Waals surface area contributed by atoms with Crippen molar-refractivity contribution in [3.63, 3.8) is 0 Å². The summed E-state index contributed by atoms with van der Waals surface area (Å²) in [7, 11) is 0. The Labute approximate surface area is 181 Å². The number of tetrazole rings is 1. The summed E-state index contributed by atoms with van der Waals surface area (Å²) >= 11 is 6.50. The first-order valence-corrected chi connectivity index (χ1v) is 9.85. The predicted molar refractivity (Wildman–Crippen MR) is 116 cm³/mol.